The first-order chi connectivity index (χ1) is 12.3. The fourth-order valence-corrected chi connectivity index (χ4v) is 3.57. The zero-order valence-electron chi connectivity index (χ0n) is 17.8. The molecule has 0 saturated heterocycles. The summed E-state index contributed by atoms with van der Waals surface area (Å²) in [6, 6.07) is 0. The second-order valence-electron chi connectivity index (χ2n) is 8.05. The highest BCUT2D eigenvalue weighted by Gasteiger charge is 2.02. The molecule has 150 valence electrons. The van der Waals surface area contributed by atoms with Gasteiger partial charge in [-0.1, -0.05) is 123 Å². The summed E-state index contributed by atoms with van der Waals surface area (Å²) in [6.07, 6.45) is 27.2. The summed E-state index contributed by atoms with van der Waals surface area (Å²) >= 11 is 0. The average molecular weight is 353 g/mol. The Bertz CT molecular complexity index is 259. The van der Waals surface area contributed by atoms with E-state index in [9.17, 15) is 4.79 Å². The van der Waals surface area contributed by atoms with Gasteiger partial charge in [-0.3, -0.25) is 4.79 Å². The lowest BCUT2D eigenvalue weighted by molar-refractivity contribution is -0.119. The molecule has 0 unspecified atom stereocenters. The molecule has 0 aliphatic carbocycles. The molecular weight excluding hydrogens is 304 g/mol. The van der Waals surface area contributed by atoms with Crippen LogP contribution >= 0.6 is 0 Å². The van der Waals surface area contributed by atoms with Crippen molar-refractivity contribution < 1.29 is 4.79 Å². The maximum atomic E-state index is 11.9. The molecule has 0 heterocycles. The molecule has 0 spiro atoms. The van der Waals surface area contributed by atoms with Gasteiger partial charge < -0.3 is 0 Å². The molecule has 0 amide bonds. The Kier molecular flexibility index (Phi) is 21.4. The zero-order valence-corrected chi connectivity index (χ0v) is 17.8. The second kappa shape index (κ2) is 21.7. The minimum Gasteiger partial charge on any atom is -0.300 e. The first-order valence-corrected chi connectivity index (χ1v) is 11.8. The van der Waals surface area contributed by atoms with E-state index < -0.39 is 0 Å². The van der Waals surface area contributed by atoms with Crippen molar-refractivity contribution in [2.24, 2.45) is 0 Å². The van der Waals surface area contributed by atoms with E-state index in [1.807, 2.05) is 0 Å². The highest BCUT2D eigenvalue weighted by atomic mass is 16.1. The number of hydrogen-bond acceptors (Lipinski definition) is 1. The zero-order chi connectivity index (χ0) is 18.4. The van der Waals surface area contributed by atoms with Gasteiger partial charge in [-0.15, -0.1) is 0 Å². The lowest BCUT2D eigenvalue weighted by atomic mass is 10.0. The van der Waals surface area contributed by atoms with Crippen molar-refractivity contribution in [3.8, 4) is 0 Å². The smallest absolute Gasteiger partial charge is 0.132 e. The van der Waals surface area contributed by atoms with E-state index in [0.717, 1.165) is 25.7 Å². The quantitative estimate of drug-likeness (QED) is 0.189. The van der Waals surface area contributed by atoms with E-state index in [4.69, 9.17) is 0 Å². The Hall–Kier alpha value is -0.330. The Morgan fingerprint density at radius 3 is 0.920 bits per heavy atom. The molecule has 0 aliphatic rings. The van der Waals surface area contributed by atoms with Crippen LogP contribution in [0.2, 0.25) is 0 Å². The van der Waals surface area contributed by atoms with Crippen molar-refractivity contribution in [3.05, 3.63) is 0 Å². The van der Waals surface area contributed by atoms with Gasteiger partial charge in [-0.25, -0.2) is 0 Å². The summed E-state index contributed by atoms with van der Waals surface area (Å²) in [4.78, 5) is 11.9. The summed E-state index contributed by atoms with van der Waals surface area (Å²) < 4.78 is 0. The maximum absolute atomic E-state index is 11.9. The highest BCUT2D eigenvalue weighted by Crippen LogP contribution is 2.13. The molecule has 0 saturated carbocycles. The number of carbonyl (C=O) groups excluding carboxylic acids is 1. The van der Waals surface area contributed by atoms with Gasteiger partial charge in [-0.2, -0.15) is 0 Å². The van der Waals surface area contributed by atoms with Crippen LogP contribution in [0.5, 0.6) is 0 Å². The normalized spacial score (nSPS) is 11.1. The Balaban J connectivity index is 3.13. The molecule has 0 atom stereocenters. The molecular formula is C24H48O. The summed E-state index contributed by atoms with van der Waals surface area (Å²) in [5.41, 5.74) is 0. The second-order valence-corrected chi connectivity index (χ2v) is 8.05. The van der Waals surface area contributed by atoms with Crippen LogP contribution in [0.3, 0.4) is 0 Å². The van der Waals surface area contributed by atoms with Crippen LogP contribution in [-0.2, 0) is 4.79 Å². The third-order valence-electron chi connectivity index (χ3n) is 5.37. The number of unbranched alkanes of at least 4 members (excludes halogenated alkanes) is 17. The van der Waals surface area contributed by atoms with E-state index in [1.54, 1.807) is 0 Å². The fraction of sp³-hybridized carbons (Fsp3) is 0.958. The molecule has 0 N–H and O–H groups in total. The van der Waals surface area contributed by atoms with Gasteiger partial charge in [0, 0.05) is 12.8 Å². The molecule has 1 heteroatoms. The molecule has 0 aromatic rings. The van der Waals surface area contributed by atoms with E-state index in [1.165, 1.54) is 109 Å². The van der Waals surface area contributed by atoms with E-state index in [-0.39, 0.29) is 0 Å². The van der Waals surface area contributed by atoms with E-state index in [0.29, 0.717) is 5.78 Å². The third-order valence-corrected chi connectivity index (χ3v) is 5.37. The molecule has 0 aliphatic heterocycles. The number of carbonyl (C=O) groups is 1. The summed E-state index contributed by atoms with van der Waals surface area (Å²) in [7, 11) is 0. The molecule has 0 bridgehead atoms. The highest BCUT2D eigenvalue weighted by molar-refractivity contribution is 5.78. The largest absolute Gasteiger partial charge is 0.300 e. The van der Waals surface area contributed by atoms with Crippen LogP contribution < -0.4 is 0 Å². The van der Waals surface area contributed by atoms with Gasteiger partial charge in [-0.05, 0) is 12.8 Å². The van der Waals surface area contributed by atoms with Gasteiger partial charge in [0.05, 0.1) is 0 Å². The number of ketones is 1. The summed E-state index contributed by atoms with van der Waals surface area (Å²) in [5.74, 6) is 0.516. The monoisotopic (exact) mass is 352 g/mol. The predicted octanol–water partition coefficient (Wildman–Crippen LogP) is 8.79. The average Bonchev–Trinajstić information content (AvgIpc) is 2.62. The van der Waals surface area contributed by atoms with Crippen LogP contribution in [0, 0.1) is 0 Å². The maximum Gasteiger partial charge on any atom is 0.132 e. The minimum atomic E-state index is 0.516. The van der Waals surface area contributed by atoms with Crippen molar-refractivity contribution in [2.75, 3.05) is 0 Å². The Labute approximate surface area is 159 Å². The Morgan fingerprint density at radius 2 is 0.640 bits per heavy atom. The van der Waals surface area contributed by atoms with E-state index >= 15 is 0 Å². The SMILES string of the molecule is CCCCCCCCCCCCC(=O)CCCCCCCCCCC. The molecule has 0 radical (unpaired) electrons. The van der Waals surface area contributed by atoms with Crippen LogP contribution in [0.4, 0.5) is 0 Å². The molecule has 25 heavy (non-hydrogen) atoms. The summed E-state index contributed by atoms with van der Waals surface area (Å²) in [6.45, 7) is 4.55. The lowest BCUT2D eigenvalue weighted by Gasteiger charge is -2.03. The third kappa shape index (κ3) is 21.6. The topological polar surface area (TPSA) is 17.1 Å². The van der Waals surface area contributed by atoms with Crippen molar-refractivity contribution in [1.29, 1.82) is 0 Å². The van der Waals surface area contributed by atoms with Gasteiger partial charge >= 0.3 is 0 Å². The lowest BCUT2D eigenvalue weighted by Crippen LogP contribution is -1.97. The number of hydrogen-bond donors (Lipinski definition) is 0. The predicted molar refractivity (Wildman–Crippen MR) is 113 cm³/mol. The van der Waals surface area contributed by atoms with Crippen LogP contribution in [0.25, 0.3) is 0 Å². The van der Waals surface area contributed by atoms with Crippen LogP contribution in [0.15, 0.2) is 0 Å². The summed E-state index contributed by atoms with van der Waals surface area (Å²) in [5, 5.41) is 0. The van der Waals surface area contributed by atoms with Gasteiger partial charge in [0.1, 0.15) is 5.78 Å². The van der Waals surface area contributed by atoms with Crippen LogP contribution in [-0.4, -0.2) is 5.78 Å². The van der Waals surface area contributed by atoms with E-state index in [2.05, 4.69) is 13.8 Å². The minimum absolute atomic E-state index is 0.516. The molecule has 0 aromatic carbocycles. The number of Topliss-reactive ketones (excluding diaryl/α,β-unsaturated/α-hetero) is 1. The van der Waals surface area contributed by atoms with Crippen molar-refractivity contribution in [3.63, 3.8) is 0 Å². The standard InChI is InChI=1S/C24H48O/c1-3-5-7-9-11-13-15-17-19-21-23-24(25)22-20-18-16-14-12-10-8-6-4-2/h3-23H2,1-2H3. The molecule has 1 nitrogen and oxygen atoms in total. The molecule has 0 fully saturated rings. The van der Waals surface area contributed by atoms with Crippen LogP contribution in [0.1, 0.15) is 149 Å². The van der Waals surface area contributed by atoms with Crippen molar-refractivity contribution >= 4 is 5.78 Å². The van der Waals surface area contributed by atoms with Gasteiger partial charge in [0.15, 0.2) is 0 Å². The van der Waals surface area contributed by atoms with Crippen molar-refractivity contribution in [2.45, 2.75) is 149 Å². The molecule has 0 aromatic heterocycles. The first-order valence-electron chi connectivity index (χ1n) is 11.8. The molecule has 0 rings (SSSR count). The number of rotatable bonds is 21. The Morgan fingerprint density at radius 1 is 0.400 bits per heavy atom. The van der Waals surface area contributed by atoms with Gasteiger partial charge in [0.25, 0.3) is 0 Å². The fourth-order valence-electron chi connectivity index (χ4n) is 3.57. The van der Waals surface area contributed by atoms with Crippen molar-refractivity contribution in [1.82, 2.24) is 0 Å². The first kappa shape index (κ1) is 24.7. The van der Waals surface area contributed by atoms with Gasteiger partial charge in [0.2, 0.25) is 0 Å².